The highest BCUT2D eigenvalue weighted by molar-refractivity contribution is 9.11. The Morgan fingerprint density at radius 1 is 1.11 bits per heavy atom. The maximum Gasteiger partial charge on any atom is 0.0879 e. The minimum atomic E-state index is 0.976. The van der Waals surface area contributed by atoms with Crippen LogP contribution in [0.15, 0.2) is 27.1 Å². The van der Waals surface area contributed by atoms with Crippen LogP contribution in [-0.4, -0.2) is 11.5 Å². The molecule has 1 N–H and O–H groups in total. The summed E-state index contributed by atoms with van der Waals surface area (Å²) in [4.78, 5) is 4.78. The monoisotopic (exact) mass is 384 g/mol. The van der Waals surface area contributed by atoms with E-state index in [1.807, 2.05) is 6.07 Å². The maximum absolute atomic E-state index is 4.78. The molecule has 0 amide bonds. The number of aromatic nitrogens is 1. The SMILES string of the molecule is CCCNc1cc(CCC)nc2c(Br)ccc(Br)c12. The molecular weight excluding hydrogens is 368 g/mol. The highest BCUT2D eigenvalue weighted by atomic mass is 79.9. The van der Waals surface area contributed by atoms with Crippen molar-refractivity contribution in [3.63, 3.8) is 0 Å². The topological polar surface area (TPSA) is 24.9 Å². The van der Waals surface area contributed by atoms with Crippen LogP contribution >= 0.6 is 31.9 Å². The Kier molecular flexibility index (Phi) is 5.22. The maximum atomic E-state index is 4.78. The van der Waals surface area contributed by atoms with Gasteiger partial charge in [-0.1, -0.05) is 36.2 Å². The van der Waals surface area contributed by atoms with Crippen LogP contribution in [-0.2, 0) is 6.42 Å². The number of halogens is 2. The molecule has 0 radical (unpaired) electrons. The van der Waals surface area contributed by atoms with Crippen LogP contribution in [0.1, 0.15) is 32.4 Å². The largest absolute Gasteiger partial charge is 0.384 e. The second-order valence-electron chi connectivity index (χ2n) is 4.59. The molecule has 0 unspecified atom stereocenters. The third kappa shape index (κ3) is 3.29. The van der Waals surface area contributed by atoms with E-state index in [1.165, 1.54) is 5.69 Å². The summed E-state index contributed by atoms with van der Waals surface area (Å²) in [6, 6.07) is 6.28. The van der Waals surface area contributed by atoms with Gasteiger partial charge in [0.2, 0.25) is 0 Å². The summed E-state index contributed by atoms with van der Waals surface area (Å²) in [5, 5.41) is 4.67. The number of nitrogens with one attached hydrogen (secondary N) is 1. The van der Waals surface area contributed by atoms with Crippen LogP contribution in [0, 0.1) is 0 Å². The molecule has 0 fully saturated rings. The van der Waals surface area contributed by atoms with E-state index in [1.54, 1.807) is 0 Å². The van der Waals surface area contributed by atoms with E-state index in [-0.39, 0.29) is 0 Å². The van der Waals surface area contributed by atoms with E-state index in [0.717, 1.165) is 51.3 Å². The molecule has 1 aromatic heterocycles. The molecule has 0 aliphatic heterocycles. The Morgan fingerprint density at radius 3 is 2.53 bits per heavy atom. The van der Waals surface area contributed by atoms with E-state index in [9.17, 15) is 0 Å². The van der Waals surface area contributed by atoms with E-state index >= 15 is 0 Å². The Hall–Kier alpha value is -0.610. The highest BCUT2D eigenvalue weighted by Gasteiger charge is 2.11. The van der Waals surface area contributed by atoms with Crippen LogP contribution < -0.4 is 5.32 Å². The van der Waals surface area contributed by atoms with Crippen molar-refractivity contribution < 1.29 is 0 Å². The molecule has 0 bridgehead atoms. The van der Waals surface area contributed by atoms with Crippen molar-refractivity contribution in [1.82, 2.24) is 4.98 Å². The first-order valence-corrected chi connectivity index (χ1v) is 8.27. The number of nitrogens with zero attached hydrogens (tertiary/aromatic N) is 1. The van der Waals surface area contributed by atoms with Crippen LogP contribution in [0.25, 0.3) is 10.9 Å². The Labute approximate surface area is 131 Å². The summed E-state index contributed by atoms with van der Waals surface area (Å²) >= 11 is 7.24. The Balaban J connectivity index is 2.63. The second-order valence-corrected chi connectivity index (χ2v) is 6.30. The Bertz CT molecular complexity index is 582. The molecule has 1 aromatic carbocycles. The molecule has 0 spiro atoms. The summed E-state index contributed by atoms with van der Waals surface area (Å²) in [7, 11) is 0. The number of benzene rings is 1. The molecule has 4 heteroatoms. The zero-order chi connectivity index (χ0) is 13.8. The van der Waals surface area contributed by atoms with E-state index in [0.29, 0.717) is 0 Å². The zero-order valence-corrected chi connectivity index (χ0v) is 14.4. The fourth-order valence-corrected chi connectivity index (χ4v) is 3.06. The van der Waals surface area contributed by atoms with Gasteiger partial charge in [-0.05, 0) is 47.0 Å². The number of rotatable bonds is 5. The lowest BCUT2D eigenvalue weighted by atomic mass is 10.1. The van der Waals surface area contributed by atoms with Gasteiger partial charge in [-0.15, -0.1) is 0 Å². The molecule has 0 saturated heterocycles. The summed E-state index contributed by atoms with van der Waals surface area (Å²) in [6.07, 6.45) is 3.23. The molecule has 0 saturated carbocycles. The molecule has 19 heavy (non-hydrogen) atoms. The summed E-state index contributed by atoms with van der Waals surface area (Å²) < 4.78 is 2.13. The summed E-state index contributed by atoms with van der Waals surface area (Å²) in [5.41, 5.74) is 3.34. The standard InChI is InChI=1S/C15H18Br2N2/c1-3-5-10-9-13(18-8-4-2)14-11(16)6-7-12(17)15(14)19-10/h6-7,9H,3-5,8H2,1-2H3,(H,18,19). The lowest BCUT2D eigenvalue weighted by molar-refractivity contribution is 0.888. The fraction of sp³-hybridized carbons (Fsp3) is 0.400. The predicted octanol–water partition coefficient (Wildman–Crippen LogP) is 5.53. The second kappa shape index (κ2) is 6.71. The number of aryl methyl sites for hydroxylation is 1. The molecule has 0 atom stereocenters. The first-order valence-electron chi connectivity index (χ1n) is 6.68. The first-order chi connectivity index (χ1) is 9.17. The lowest BCUT2D eigenvalue weighted by Crippen LogP contribution is -2.03. The van der Waals surface area contributed by atoms with Gasteiger partial charge in [-0.25, -0.2) is 0 Å². The van der Waals surface area contributed by atoms with Gasteiger partial charge in [-0.2, -0.15) is 0 Å². The highest BCUT2D eigenvalue weighted by Crippen LogP contribution is 2.35. The van der Waals surface area contributed by atoms with Gasteiger partial charge in [0.25, 0.3) is 0 Å². The Morgan fingerprint density at radius 2 is 1.84 bits per heavy atom. The van der Waals surface area contributed by atoms with E-state index in [4.69, 9.17) is 4.98 Å². The molecule has 2 rings (SSSR count). The summed E-state index contributed by atoms with van der Waals surface area (Å²) in [6.45, 7) is 5.33. The number of hydrogen-bond donors (Lipinski definition) is 1. The molecule has 2 nitrogen and oxygen atoms in total. The van der Waals surface area contributed by atoms with Gasteiger partial charge in [0.15, 0.2) is 0 Å². The van der Waals surface area contributed by atoms with Gasteiger partial charge in [-0.3, -0.25) is 4.98 Å². The normalized spacial score (nSPS) is 10.9. The summed E-state index contributed by atoms with van der Waals surface area (Å²) in [5.74, 6) is 0. The molecular formula is C15H18Br2N2. The van der Waals surface area contributed by atoms with Gasteiger partial charge in [0.1, 0.15) is 0 Å². The third-order valence-corrected chi connectivity index (χ3v) is 4.29. The molecule has 102 valence electrons. The molecule has 0 aliphatic carbocycles. The fourth-order valence-electron chi connectivity index (χ4n) is 2.10. The van der Waals surface area contributed by atoms with Crippen molar-refractivity contribution >= 4 is 48.5 Å². The smallest absolute Gasteiger partial charge is 0.0879 e. The van der Waals surface area contributed by atoms with E-state index in [2.05, 4.69) is 63.2 Å². The van der Waals surface area contributed by atoms with Crippen LogP contribution in [0.5, 0.6) is 0 Å². The van der Waals surface area contributed by atoms with Crippen molar-refractivity contribution in [2.45, 2.75) is 33.1 Å². The van der Waals surface area contributed by atoms with Gasteiger partial charge in [0.05, 0.1) is 5.52 Å². The molecule has 1 heterocycles. The number of pyridine rings is 1. The van der Waals surface area contributed by atoms with Gasteiger partial charge in [0, 0.05) is 32.3 Å². The van der Waals surface area contributed by atoms with Crippen molar-refractivity contribution in [2.24, 2.45) is 0 Å². The molecule has 2 aromatic rings. The van der Waals surface area contributed by atoms with Crippen LogP contribution in [0.3, 0.4) is 0 Å². The predicted molar refractivity (Wildman–Crippen MR) is 89.9 cm³/mol. The number of anilines is 1. The first kappa shape index (κ1) is 14.8. The quantitative estimate of drug-likeness (QED) is 0.731. The van der Waals surface area contributed by atoms with Crippen molar-refractivity contribution in [3.05, 3.63) is 32.8 Å². The van der Waals surface area contributed by atoms with E-state index < -0.39 is 0 Å². The number of fused-ring (bicyclic) bond motifs is 1. The van der Waals surface area contributed by atoms with Crippen molar-refractivity contribution in [1.29, 1.82) is 0 Å². The average molecular weight is 386 g/mol. The third-order valence-electron chi connectivity index (χ3n) is 2.99. The minimum absolute atomic E-state index is 0.976. The average Bonchev–Trinajstić information content (AvgIpc) is 2.40. The van der Waals surface area contributed by atoms with Crippen LogP contribution in [0.2, 0.25) is 0 Å². The lowest BCUT2D eigenvalue weighted by Gasteiger charge is -2.13. The van der Waals surface area contributed by atoms with Crippen LogP contribution in [0.4, 0.5) is 5.69 Å². The van der Waals surface area contributed by atoms with Gasteiger partial charge >= 0.3 is 0 Å². The molecule has 0 aliphatic rings. The number of hydrogen-bond acceptors (Lipinski definition) is 2. The van der Waals surface area contributed by atoms with Crippen molar-refractivity contribution in [3.8, 4) is 0 Å². The van der Waals surface area contributed by atoms with Gasteiger partial charge < -0.3 is 5.32 Å². The zero-order valence-electron chi connectivity index (χ0n) is 11.3. The minimum Gasteiger partial charge on any atom is -0.384 e. The van der Waals surface area contributed by atoms with Crippen molar-refractivity contribution in [2.75, 3.05) is 11.9 Å².